The molecular weight excluding hydrogens is 332 g/mol. The maximum Gasteiger partial charge on any atom is 0.301 e. The fourth-order valence-electron chi connectivity index (χ4n) is 3.44. The van der Waals surface area contributed by atoms with Crippen LogP contribution in [0.1, 0.15) is 0 Å². The Kier molecular flexibility index (Phi) is 4.04. The van der Waals surface area contributed by atoms with E-state index in [1.165, 1.54) is 0 Å². The fourth-order valence-corrected chi connectivity index (χ4v) is 3.44. The number of benzene rings is 2. The van der Waals surface area contributed by atoms with Crippen LogP contribution in [-0.2, 0) is 0 Å². The Morgan fingerprint density at radius 2 is 1.65 bits per heavy atom. The van der Waals surface area contributed by atoms with Crippen LogP contribution in [0.15, 0.2) is 54.7 Å². The third-order valence-electron chi connectivity index (χ3n) is 4.75. The molecule has 1 aromatic heterocycles. The molecule has 1 fully saturated rings. The molecule has 0 aliphatic carbocycles. The van der Waals surface area contributed by atoms with E-state index >= 15 is 0 Å². The molecule has 0 atom stereocenters. The molecule has 3 aromatic rings. The van der Waals surface area contributed by atoms with Gasteiger partial charge in [-0.25, -0.2) is 0 Å². The number of fused-ring (bicyclic) bond motifs is 1. The summed E-state index contributed by atoms with van der Waals surface area (Å²) in [6.07, 6.45) is 1.64. The van der Waals surface area contributed by atoms with Gasteiger partial charge in [-0.1, -0.05) is 0 Å². The van der Waals surface area contributed by atoms with Crippen LogP contribution in [-0.4, -0.2) is 41.2 Å². The van der Waals surface area contributed by atoms with Crippen LogP contribution >= 0.6 is 0 Å². The van der Waals surface area contributed by atoms with Crippen molar-refractivity contribution in [1.29, 1.82) is 0 Å². The van der Waals surface area contributed by atoms with Crippen LogP contribution in [0.4, 0.5) is 17.1 Å². The molecule has 1 aliphatic rings. The van der Waals surface area contributed by atoms with Crippen molar-refractivity contribution < 1.29 is 10.0 Å². The molecule has 0 bridgehead atoms. The predicted molar refractivity (Wildman–Crippen MR) is 101 cm³/mol. The second kappa shape index (κ2) is 6.51. The highest BCUT2D eigenvalue weighted by atomic mass is 16.6. The topological polar surface area (TPSA) is 82.7 Å². The van der Waals surface area contributed by atoms with Crippen LogP contribution in [0, 0.1) is 10.1 Å². The molecule has 0 amide bonds. The van der Waals surface area contributed by atoms with Crippen LogP contribution in [0.25, 0.3) is 10.9 Å². The molecule has 1 aliphatic heterocycles. The Balaban J connectivity index is 1.60. The quantitative estimate of drug-likeness (QED) is 0.577. The third-order valence-corrected chi connectivity index (χ3v) is 4.75. The molecule has 0 spiro atoms. The minimum atomic E-state index is -0.314. The van der Waals surface area contributed by atoms with Crippen LogP contribution in [0.5, 0.6) is 5.75 Å². The number of phenols is 1. The summed E-state index contributed by atoms with van der Waals surface area (Å²) in [5.41, 5.74) is 2.43. The van der Waals surface area contributed by atoms with Gasteiger partial charge in [0.15, 0.2) is 0 Å². The van der Waals surface area contributed by atoms with Crippen molar-refractivity contribution >= 4 is 28.0 Å². The van der Waals surface area contributed by atoms with Crippen molar-refractivity contribution in [3.8, 4) is 5.75 Å². The average molecular weight is 350 g/mol. The Morgan fingerprint density at radius 1 is 0.962 bits per heavy atom. The number of rotatable bonds is 3. The lowest BCUT2D eigenvalue weighted by Crippen LogP contribution is -2.46. The molecular formula is C19H18N4O3. The number of nitro benzene ring substituents is 1. The lowest BCUT2D eigenvalue weighted by molar-refractivity contribution is -0.382. The van der Waals surface area contributed by atoms with E-state index in [9.17, 15) is 15.2 Å². The number of nitrogens with zero attached hydrogens (tertiary/aromatic N) is 4. The zero-order valence-electron chi connectivity index (χ0n) is 14.1. The van der Waals surface area contributed by atoms with Crippen molar-refractivity contribution in [2.75, 3.05) is 36.0 Å². The minimum absolute atomic E-state index is 0.119. The normalized spacial score (nSPS) is 14.6. The number of phenolic OH excluding ortho intramolecular Hbond substituents is 1. The van der Waals surface area contributed by atoms with Crippen LogP contribution < -0.4 is 9.80 Å². The molecule has 7 heteroatoms. The van der Waals surface area contributed by atoms with Gasteiger partial charge in [-0.2, -0.15) is 0 Å². The van der Waals surface area contributed by atoms with Gasteiger partial charge >= 0.3 is 5.69 Å². The first kappa shape index (κ1) is 16.1. The Hall–Kier alpha value is -3.35. The summed E-state index contributed by atoms with van der Waals surface area (Å²) in [7, 11) is 0. The number of anilines is 2. The molecule has 2 aromatic carbocycles. The number of hydrogen-bond donors (Lipinski definition) is 1. The lowest BCUT2D eigenvalue weighted by atomic mass is 10.1. The van der Waals surface area contributed by atoms with Gasteiger partial charge in [-0.3, -0.25) is 15.1 Å². The zero-order valence-corrected chi connectivity index (χ0v) is 14.1. The van der Waals surface area contributed by atoms with Gasteiger partial charge in [0.2, 0.25) is 0 Å². The van der Waals surface area contributed by atoms with Gasteiger partial charge in [-0.05, 0) is 48.5 Å². The van der Waals surface area contributed by atoms with Gasteiger partial charge in [0.05, 0.1) is 15.8 Å². The van der Waals surface area contributed by atoms with E-state index in [-0.39, 0.29) is 16.4 Å². The summed E-state index contributed by atoms with van der Waals surface area (Å²) in [5.74, 6) is 0.243. The molecule has 0 saturated carbocycles. The number of hydrogen-bond acceptors (Lipinski definition) is 6. The maximum absolute atomic E-state index is 11.7. The lowest BCUT2D eigenvalue weighted by Gasteiger charge is -2.37. The zero-order chi connectivity index (χ0) is 18.1. The van der Waals surface area contributed by atoms with Crippen LogP contribution in [0.3, 0.4) is 0 Å². The second-order valence-electron chi connectivity index (χ2n) is 6.25. The van der Waals surface area contributed by atoms with Crippen LogP contribution in [0.2, 0.25) is 0 Å². The van der Waals surface area contributed by atoms with E-state index in [1.54, 1.807) is 36.5 Å². The highest BCUT2D eigenvalue weighted by Gasteiger charge is 2.26. The number of pyridine rings is 1. The number of aromatic hydroxyl groups is 1. The summed E-state index contributed by atoms with van der Waals surface area (Å²) in [6, 6.07) is 14.2. The number of aromatic nitrogens is 1. The van der Waals surface area contributed by atoms with Gasteiger partial charge < -0.3 is 14.9 Å². The Morgan fingerprint density at radius 3 is 2.35 bits per heavy atom. The molecule has 4 rings (SSSR count). The van der Waals surface area contributed by atoms with Gasteiger partial charge in [0.1, 0.15) is 11.4 Å². The van der Waals surface area contributed by atoms with E-state index in [2.05, 4.69) is 14.8 Å². The van der Waals surface area contributed by atoms with E-state index < -0.39 is 0 Å². The Labute approximate surface area is 150 Å². The highest BCUT2D eigenvalue weighted by molar-refractivity contribution is 5.94. The molecule has 1 saturated heterocycles. The predicted octanol–water partition coefficient (Wildman–Crippen LogP) is 3.18. The molecule has 1 N–H and O–H groups in total. The SMILES string of the molecule is O=[N+]([O-])c1c(N2CCN(c3ccc(O)cc3)CC2)ccc2ncccc12. The Bertz CT molecular complexity index is 951. The summed E-state index contributed by atoms with van der Waals surface area (Å²) in [6.45, 7) is 2.89. The molecule has 0 unspecified atom stereocenters. The van der Waals surface area contributed by atoms with Crippen molar-refractivity contribution in [3.05, 3.63) is 64.8 Å². The summed E-state index contributed by atoms with van der Waals surface area (Å²) >= 11 is 0. The van der Waals surface area contributed by atoms with E-state index in [4.69, 9.17) is 0 Å². The fraction of sp³-hybridized carbons (Fsp3) is 0.211. The van der Waals surface area contributed by atoms with Crippen molar-refractivity contribution in [2.24, 2.45) is 0 Å². The highest BCUT2D eigenvalue weighted by Crippen LogP contribution is 2.35. The standard InChI is InChI=1S/C19H18N4O3/c24-15-5-3-14(4-6-15)21-10-12-22(13-11-21)18-8-7-17-16(2-1-9-20-17)19(18)23(25)26/h1-9,24H,10-13H2. The first-order chi connectivity index (χ1) is 12.6. The summed E-state index contributed by atoms with van der Waals surface area (Å²) < 4.78 is 0. The maximum atomic E-state index is 11.7. The number of piperazine rings is 1. The molecule has 7 nitrogen and oxygen atoms in total. The third kappa shape index (κ3) is 2.88. The molecule has 132 valence electrons. The molecule has 0 radical (unpaired) electrons. The largest absolute Gasteiger partial charge is 0.508 e. The summed E-state index contributed by atoms with van der Waals surface area (Å²) in [4.78, 5) is 19.9. The smallest absolute Gasteiger partial charge is 0.301 e. The van der Waals surface area contributed by atoms with Gasteiger partial charge in [0, 0.05) is 38.1 Å². The first-order valence-electron chi connectivity index (χ1n) is 8.44. The second-order valence-corrected chi connectivity index (χ2v) is 6.25. The van der Waals surface area contributed by atoms with Crippen molar-refractivity contribution in [3.63, 3.8) is 0 Å². The molecule has 2 heterocycles. The summed E-state index contributed by atoms with van der Waals surface area (Å²) in [5, 5.41) is 21.7. The molecule has 26 heavy (non-hydrogen) atoms. The van der Waals surface area contributed by atoms with E-state index in [1.807, 2.05) is 18.2 Å². The first-order valence-corrected chi connectivity index (χ1v) is 8.44. The average Bonchev–Trinajstić information content (AvgIpc) is 2.67. The van der Waals surface area contributed by atoms with Gasteiger partial charge in [0.25, 0.3) is 0 Å². The van der Waals surface area contributed by atoms with E-state index in [0.29, 0.717) is 29.7 Å². The van der Waals surface area contributed by atoms with Crippen molar-refractivity contribution in [1.82, 2.24) is 4.98 Å². The number of nitro groups is 1. The van der Waals surface area contributed by atoms with Crippen molar-refractivity contribution in [2.45, 2.75) is 0 Å². The van der Waals surface area contributed by atoms with E-state index in [0.717, 1.165) is 18.8 Å². The van der Waals surface area contributed by atoms with Gasteiger partial charge in [-0.15, -0.1) is 0 Å². The monoisotopic (exact) mass is 350 g/mol. The minimum Gasteiger partial charge on any atom is -0.508 e.